The van der Waals surface area contributed by atoms with Crippen LogP contribution in [0.1, 0.15) is 219 Å². The number of aliphatic carboxylic acids is 1. The number of hydrogen-bond donors (Lipinski definition) is 1. The van der Waals surface area contributed by atoms with E-state index in [1.807, 2.05) is 0 Å². The summed E-state index contributed by atoms with van der Waals surface area (Å²) in [6.07, 6.45) is 42.4. The minimum Gasteiger partial charge on any atom is -0.481 e. The third-order valence-corrected chi connectivity index (χ3v) is 8.74. The van der Waals surface area contributed by atoms with E-state index in [1.165, 1.54) is 128 Å². The molecule has 1 N–H and O–H groups in total. The standard InChI is InChI=1S/C39H74O4/c1-3-5-7-9-11-12-13-14-15-16-17-18-19-20-21-22-23-28-32-36-39(42)43-37(33-29-25-10-8-6-4-2)34-30-26-24-27-31-35-38(40)41/h14-15,37H,3-13,16-36H2,1-2H3,(H,40,41)/b15-14-. The smallest absolute Gasteiger partial charge is 0.306 e. The molecule has 1 atom stereocenters. The van der Waals surface area contributed by atoms with Crippen LogP contribution in [0.15, 0.2) is 12.2 Å². The highest BCUT2D eigenvalue weighted by atomic mass is 16.5. The monoisotopic (exact) mass is 607 g/mol. The Morgan fingerprint density at radius 1 is 0.488 bits per heavy atom. The van der Waals surface area contributed by atoms with Crippen molar-refractivity contribution in [2.24, 2.45) is 0 Å². The lowest BCUT2D eigenvalue weighted by molar-refractivity contribution is -0.150. The van der Waals surface area contributed by atoms with Crippen LogP contribution in [0.3, 0.4) is 0 Å². The van der Waals surface area contributed by atoms with Crippen molar-refractivity contribution in [3.8, 4) is 0 Å². The fourth-order valence-electron chi connectivity index (χ4n) is 5.89. The summed E-state index contributed by atoms with van der Waals surface area (Å²) in [6.45, 7) is 4.53. The normalized spacial score (nSPS) is 12.2. The van der Waals surface area contributed by atoms with Gasteiger partial charge in [0.15, 0.2) is 0 Å². The second-order valence-corrected chi connectivity index (χ2v) is 13.1. The van der Waals surface area contributed by atoms with E-state index in [-0.39, 0.29) is 18.5 Å². The molecule has 0 aromatic heterocycles. The summed E-state index contributed by atoms with van der Waals surface area (Å²) in [4.78, 5) is 23.2. The van der Waals surface area contributed by atoms with Gasteiger partial charge in [0.2, 0.25) is 0 Å². The van der Waals surface area contributed by atoms with Crippen molar-refractivity contribution in [2.75, 3.05) is 0 Å². The van der Waals surface area contributed by atoms with Crippen LogP contribution in [0.4, 0.5) is 0 Å². The molecule has 0 radical (unpaired) electrons. The molecule has 0 heterocycles. The maximum absolute atomic E-state index is 12.6. The fourth-order valence-corrected chi connectivity index (χ4v) is 5.89. The fraction of sp³-hybridized carbons (Fsp3) is 0.897. The molecule has 0 aromatic carbocycles. The molecule has 0 aliphatic rings. The maximum Gasteiger partial charge on any atom is 0.306 e. The number of carbonyl (C=O) groups excluding carboxylic acids is 1. The summed E-state index contributed by atoms with van der Waals surface area (Å²) in [5.74, 6) is -0.701. The zero-order valence-electron chi connectivity index (χ0n) is 29.0. The summed E-state index contributed by atoms with van der Waals surface area (Å²) in [5.41, 5.74) is 0. The van der Waals surface area contributed by atoms with E-state index >= 15 is 0 Å². The molecule has 0 aliphatic heterocycles. The van der Waals surface area contributed by atoms with Gasteiger partial charge in [0, 0.05) is 12.8 Å². The van der Waals surface area contributed by atoms with Gasteiger partial charge in [-0.3, -0.25) is 9.59 Å². The van der Waals surface area contributed by atoms with Crippen LogP contribution in [0.25, 0.3) is 0 Å². The average molecular weight is 607 g/mol. The second kappa shape index (κ2) is 35.2. The summed E-state index contributed by atoms with van der Waals surface area (Å²) in [6, 6.07) is 0. The Bertz CT molecular complexity index is 614. The first-order chi connectivity index (χ1) is 21.1. The predicted molar refractivity (Wildman–Crippen MR) is 186 cm³/mol. The molecule has 0 bridgehead atoms. The summed E-state index contributed by atoms with van der Waals surface area (Å²) < 4.78 is 5.95. The summed E-state index contributed by atoms with van der Waals surface area (Å²) in [7, 11) is 0. The summed E-state index contributed by atoms with van der Waals surface area (Å²) in [5, 5.41) is 8.77. The quantitative estimate of drug-likeness (QED) is 0.0443. The number of unbranched alkanes of at least 4 members (excludes halogenated alkanes) is 24. The molecule has 0 saturated heterocycles. The first kappa shape index (κ1) is 41.7. The largest absolute Gasteiger partial charge is 0.481 e. The molecule has 0 aliphatic carbocycles. The molecule has 4 nitrogen and oxygen atoms in total. The van der Waals surface area contributed by atoms with Crippen LogP contribution in [0.2, 0.25) is 0 Å². The van der Waals surface area contributed by atoms with E-state index in [0.717, 1.165) is 64.2 Å². The van der Waals surface area contributed by atoms with Crippen molar-refractivity contribution in [1.29, 1.82) is 0 Å². The Balaban J connectivity index is 3.80. The van der Waals surface area contributed by atoms with Gasteiger partial charge in [0.05, 0.1) is 0 Å². The molecule has 0 rings (SSSR count). The first-order valence-corrected chi connectivity index (χ1v) is 19.2. The van der Waals surface area contributed by atoms with Gasteiger partial charge in [-0.25, -0.2) is 0 Å². The molecule has 254 valence electrons. The molecule has 0 amide bonds. The highest BCUT2D eigenvalue weighted by Gasteiger charge is 2.14. The SMILES string of the molecule is CCCCCCCC/C=C\CCCCCCCCCCCC(=O)OC(CCCCCCCC)CCCCCCCC(=O)O. The van der Waals surface area contributed by atoms with Crippen molar-refractivity contribution in [3.63, 3.8) is 0 Å². The zero-order chi connectivity index (χ0) is 31.5. The third kappa shape index (κ3) is 35.0. The van der Waals surface area contributed by atoms with Crippen molar-refractivity contribution in [3.05, 3.63) is 12.2 Å². The van der Waals surface area contributed by atoms with Crippen LogP contribution >= 0.6 is 0 Å². The molecular weight excluding hydrogens is 532 g/mol. The molecule has 0 fully saturated rings. The molecule has 43 heavy (non-hydrogen) atoms. The molecule has 0 saturated carbocycles. The second-order valence-electron chi connectivity index (χ2n) is 13.1. The number of ether oxygens (including phenoxy) is 1. The van der Waals surface area contributed by atoms with Crippen LogP contribution in [-0.4, -0.2) is 23.1 Å². The number of rotatable bonds is 35. The molecule has 4 heteroatoms. The lowest BCUT2D eigenvalue weighted by atomic mass is 10.0. The lowest BCUT2D eigenvalue weighted by Crippen LogP contribution is -2.18. The molecule has 0 spiro atoms. The van der Waals surface area contributed by atoms with Crippen LogP contribution < -0.4 is 0 Å². The Kier molecular flexibility index (Phi) is 34.1. The van der Waals surface area contributed by atoms with Gasteiger partial charge in [-0.15, -0.1) is 0 Å². The van der Waals surface area contributed by atoms with Gasteiger partial charge < -0.3 is 9.84 Å². The number of carboxylic acid groups (broad SMARTS) is 1. The molecule has 1 unspecified atom stereocenters. The number of hydrogen-bond acceptors (Lipinski definition) is 3. The van der Waals surface area contributed by atoms with Gasteiger partial charge in [-0.1, -0.05) is 154 Å². The van der Waals surface area contributed by atoms with Gasteiger partial charge in [0.25, 0.3) is 0 Å². The van der Waals surface area contributed by atoms with Gasteiger partial charge in [-0.2, -0.15) is 0 Å². The Labute approximate surface area is 268 Å². The Morgan fingerprint density at radius 3 is 1.26 bits per heavy atom. The van der Waals surface area contributed by atoms with Gasteiger partial charge in [-0.05, 0) is 64.2 Å². The number of carbonyl (C=O) groups is 2. The van der Waals surface area contributed by atoms with E-state index < -0.39 is 5.97 Å². The lowest BCUT2D eigenvalue weighted by Gasteiger charge is -2.18. The zero-order valence-corrected chi connectivity index (χ0v) is 29.0. The van der Waals surface area contributed by atoms with E-state index in [9.17, 15) is 9.59 Å². The van der Waals surface area contributed by atoms with E-state index in [2.05, 4.69) is 26.0 Å². The van der Waals surface area contributed by atoms with Crippen LogP contribution in [0.5, 0.6) is 0 Å². The predicted octanol–water partition coefficient (Wildman–Crippen LogP) is 13.1. The van der Waals surface area contributed by atoms with Crippen LogP contribution in [-0.2, 0) is 14.3 Å². The topological polar surface area (TPSA) is 63.6 Å². The van der Waals surface area contributed by atoms with Crippen molar-refractivity contribution in [1.82, 2.24) is 0 Å². The average Bonchev–Trinajstić information content (AvgIpc) is 2.99. The van der Waals surface area contributed by atoms with Crippen molar-refractivity contribution in [2.45, 2.75) is 225 Å². The molecule has 0 aromatic rings. The van der Waals surface area contributed by atoms with Crippen molar-refractivity contribution < 1.29 is 19.4 Å². The number of esters is 1. The summed E-state index contributed by atoms with van der Waals surface area (Å²) >= 11 is 0. The van der Waals surface area contributed by atoms with E-state index in [0.29, 0.717) is 6.42 Å². The highest BCUT2D eigenvalue weighted by Crippen LogP contribution is 2.19. The Morgan fingerprint density at radius 2 is 0.837 bits per heavy atom. The Hall–Kier alpha value is -1.32. The minimum absolute atomic E-state index is 0.00142. The highest BCUT2D eigenvalue weighted by molar-refractivity contribution is 5.69. The number of carboxylic acids is 1. The van der Waals surface area contributed by atoms with E-state index in [4.69, 9.17) is 9.84 Å². The van der Waals surface area contributed by atoms with Gasteiger partial charge in [0.1, 0.15) is 6.10 Å². The van der Waals surface area contributed by atoms with E-state index in [1.54, 1.807) is 0 Å². The van der Waals surface area contributed by atoms with Gasteiger partial charge >= 0.3 is 11.9 Å². The first-order valence-electron chi connectivity index (χ1n) is 19.2. The molecular formula is C39H74O4. The van der Waals surface area contributed by atoms with Crippen molar-refractivity contribution >= 4 is 11.9 Å². The maximum atomic E-state index is 12.6. The number of allylic oxidation sites excluding steroid dienone is 2. The van der Waals surface area contributed by atoms with Crippen LogP contribution in [0, 0.1) is 0 Å². The minimum atomic E-state index is -0.700. The third-order valence-electron chi connectivity index (χ3n) is 8.74.